The fourth-order valence-corrected chi connectivity index (χ4v) is 7.14. The molecule has 248 valence electrons. The molecule has 2 aromatic heterocycles. The molecule has 3 unspecified atom stereocenters. The van der Waals surface area contributed by atoms with Gasteiger partial charge in [-0.25, -0.2) is 14.5 Å². The number of hydrogen-bond acceptors (Lipinski definition) is 12. The van der Waals surface area contributed by atoms with E-state index in [0.717, 1.165) is 5.39 Å². The summed E-state index contributed by atoms with van der Waals surface area (Å²) >= 11 is 0. The molecule has 0 radical (unpaired) electrons. The fourth-order valence-electron chi connectivity index (χ4n) is 5.25. The van der Waals surface area contributed by atoms with Gasteiger partial charge in [0, 0.05) is 5.39 Å². The number of aliphatic hydroxyl groups is 2. The number of rotatable bonds is 11. The highest BCUT2D eigenvalue weighted by molar-refractivity contribution is 7.54. The Morgan fingerprint density at radius 2 is 1.89 bits per heavy atom. The molecule has 2 N–H and O–H groups in total. The quantitative estimate of drug-likeness (QED) is 0.167. The smallest absolute Gasteiger partial charge is 0.380 e. The molecule has 4 aromatic rings. The second-order valence-corrected chi connectivity index (χ2v) is 15.1. The average molecular weight is 657 g/mol. The van der Waals surface area contributed by atoms with E-state index < -0.39 is 50.1 Å². The molecule has 14 heteroatoms. The topological polar surface area (TPSA) is 164 Å². The van der Waals surface area contributed by atoms with Gasteiger partial charge in [0.05, 0.1) is 38.7 Å². The van der Waals surface area contributed by atoms with E-state index in [1.54, 1.807) is 26.0 Å². The number of ether oxygens (including phenoxy) is 3. The molecule has 46 heavy (non-hydrogen) atoms. The second-order valence-electron chi connectivity index (χ2n) is 13.0. The molecule has 0 bridgehead atoms. The molecule has 2 aromatic carbocycles. The Balaban J connectivity index is 1.40. The van der Waals surface area contributed by atoms with Gasteiger partial charge in [-0.1, -0.05) is 64.1 Å². The van der Waals surface area contributed by atoms with Gasteiger partial charge in [-0.15, -0.1) is 0 Å². The van der Waals surface area contributed by atoms with Crippen LogP contribution >= 0.6 is 7.60 Å². The summed E-state index contributed by atoms with van der Waals surface area (Å²) in [6.45, 7) is 10.3. The number of aromatic nitrogens is 4. The van der Waals surface area contributed by atoms with Crippen molar-refractivity contribution in [1.82, 2.24) is 19.5 Å². The lowest BCUT2D eigenvalue weighted by molar-refractivity contribution is -0.150. The second kappa shape index (κ2) is 12.9. The number of methoxy groups -OCH3 is 1. The molecule has 1 aliphatic rings. The molecular weight excluding hydrogens is 615 g/mol. The molecule has 0 amide bonds. The number of esters is 1. The molecular formula is C32H41N4O9P. The summed E-state index contributed by atoms with van der Waals surface area (Å²) in [4.78, 5) is 25.9. The van der Waals surface area contributed by atoms with Crippen LogP contribution in [0, 0.1) is 18.3 Å². The lowest BCUT2D eigenvalue weighted by Gasteiger charge is -2.27. The summed E-state index contributed by atoms with van der Waals surface area (Å²) in [6, 6.07) is 12.8. The Hall–Kier alpha value is -3.61. The zero-order valence-corrected chi connectivity index (χ0v) is 27.9. The Labute approximate surface area is 267 Å². The van der Waals surface area contributed by atoms with Crippen LogP contribution in [0.2, 0.25) is 0 Å². The minimum Gasteiger partial charge on any atom is -0.479 e. The zero-order chi connectivity index (χ0) is 33.4. The molecule has 1 aliphatic heterocycles. The maximum Gasteiger partial charge on any atom is 0.380 e. The van der Waals surface area contributed by atoms with Crippen LogP contribution in [0.25, 0.3) is 21.9 Å². The van der Waals surface area contributed by atoms with Crippen molar-refractivity contribution in [1.29, 1.82) is 0 Å². The summed E-state index contributed by atoms with van der Waals surface area (Å²) in [6.07, 6.45) is -2.65. The largest absolute Gasteiger partial charge is 0.479 e. The van der Waals surface area contributed by atoms with Crippen LogP contribution in [0.15, 0.2) is 48.8 Å². The molecule has 5 rings (SSSR count). The molecule has 1 fully saturated rings. The van der Waals surface area contributed by atoms with Gasteiger partial charge in [0.25, 0.3) is 0 Å². The fraction of sp³-hybridized carbons (Fsp3) is 0.500. The van der Waals surface area contributed by atoms with Crippen molar-refractivity contribution >= 4 is 35.5 Å². The molecule has 6 atom stereocenters. The lowest BCUT2D eigenvalue weighted by atomic mass is 9.96. The lowest BCUT2D eigenvalue weighted by Crippen LogP contribution is -2.44. The Morgan fingerprint density at radius 1 is 1.17 bits per heavy atom. The van der Waals surface area contributed by atoms with Gasteiger partial charge < -0.3 is 28.9 Å². The highest BCUT2D eigenvalue weighted by Gasteiger charge is 2.54. The number of nitrogens with zero attached hydrogens (tertiary/aromatic N) is 4. The molecule has 3 heterocycles. The predicted octanol–water partition coefficient (Wildman–Crippen LogP) is 4.82. The Kier molecular flexibility index (Phi) is 9.45. The summed E-state index contributed by atoms with van der Waals surface area (Å²) in [7, 11) is -2.65. The highest BCUT2D eigenvalue weighted by Crippen LogP contribution is 2.52. The van der Waals surface area contributed by atoms with Crippen LogP contribution < -0.4 is 9.26 Å². The number of benzene rings is 2. The van der Waals surface area contributed by atoms with E-state index in [1.807, 2.05) is 51.1 Å². The van der Waals surface area contributed by atoms with Gasteiger partial charge in [0.2, 0.25) is 5.88 Å². The van der Waals surface area contributed by atoms with Crippen molar-refractivity contribution in [2.24, 2.45) is 11.3 Å². The summed E-state index contributed by atoms with van der Waals surface area (Å²) in [5.41, 5.74) is -1.41. The molecule has 0 aliphatic carbocycles. The zero-order valence-electron chi connectivity index (χ0n) is 27.0. The molecule has 13 nitrogen and oxygen atoms in total. The van der Waals surface area contributed by atoms with Crippen molar-refractivity contribution in [3.05, 3.63) is 54.6 Å². The maximum absolute atomic E-state index is 14.5. The van der Waals surface area contributed by atoms with E-state index in [2.05, 4.69) is 15.0 Å². The summed E-state index contributed by atoms with van der Waals surface area (Å²) in [5.74, 6) is -0.418. The van der Waals surface area contributed by atoms with Gasteiger partial charge in [-0.05, 0) is 30.7 Å². The van der Waals surface area contributed by atoms with Gasteiger partial charge in [0.1, 0.15) is 29.4 Å². The number of carbonyl (C=O) groups is 1. The summed E-state index contributed by atoms with van der Waals surface area (Å²) < 4.78 is 44.9. The minimum absolute atomic E-state index is 0.184. The Morgan fingerprint density at radius 3 is 2.61 bits per heavy atom. The van der Waals surface area contributed by atoms with E-state index in [1.165, 1.54) is 24.9 Å². The van der Waals surface area contributed by atoms with Crippen molar-refractivity contribution in [2.75, 3.05) is 26.5 Å². The maximum atomic E-state index is 14.5. The number of fused-ring (bicyclic) bond motifs is 2. The third-order valence-electron chi connectivity index (χ3n) is 7.67. The van der Waals surface area contributed by atoms with Crippen molar-refractivity contribution in [3.8, 4) is 11.6 Å². The number of aliphatic hydroxyl groups excluding tert-OH is 1. The van der Waals surface area contributed by atoms with Crippen molar-refractivity contribution < 1.29 is 42.8 Å². The van der Waals surface area contributed by atoms with Gasteiger partial charge in [-0.3, -0.25) is 13.9 Å². The number of hydrogen-bond donors (Lipinski definition) is 2. The van der Waals surface area contributed by atoms with Crippen molar-refractivity contribution in [3.63, 3.8) is 0 Å². The number of carbonyl (C=O) groups excluding carboxylic acids is 1. The van der Waals surface area contributed by atoms with Crippen LogP contribution in [0.1, 0.15) is 46.7 Å². The SMILES string of the molecule is COc1nc(C)nc2c1ncn2[C@@H]1O[C@H](COP(=O)(CC(C)C(=O)OCC(C)(C)C)Oc2cccc3ccccc23)[C@H](O)C1(C)O. The number of imidazole rings is 1. The van der Waals surface area contributed by atoms with E-state index in [9.17, 15) is 19.6 Å². The predicted molar refractivity (Wildman–Crippen MR) is 170 cm³/mol. The van der Waals surface area contributed by atoms with Crippen LogP contribution in [0.5, 0.6) is 11.6 Å². The first-order valence-electron chi connectivity index (χ1n) is 15.0. The van der Waals surface area contributed by atoms with Crippen LogP contribution in [-0.4, -0.2) is 80.0 Å². The monoisotopic (exact) mass is 656 g/mol. The van der Waals surface area contributed by atoms with E-state index in [0.29, 0.717) is 28.1 Å². The van der Waals surface area contributed by atoms with E-state index in [-0.39, 0.29) is 24.1 Å². The van der Waals surface area contributed by atoms with Gasteiger partial charge in [0.15, 0.2) is 17.4 Å². The van der Waals surface area contributed by atoms with Gasteiger partial charge >= 0.3 is 13.6 Å². The average Bonchev–Trinajstić information content (AvgIpc) is 3.51. The first kappa shape index (κ1) is 33.7. The Bertz CT molecular complexity index is 1760. The first-order chi connectivity index (χ1) is 21.6. The normalized spacial score (nSPS) is 23.7. The molecule has 0 saturated carbocycles. The van der Waals surface area contributed by atoms with Crippen LogP contribution in [0.4, 0.5) is 0 Å². The third-order valence-corrected chi connectivity index (χ3v) is 9.68. The first-order valence-corrected chi connectivity index (χ1v) is 16.7. The van der Waals surface area contributed by atoms with Gasteiger partial charge in [-0.2, -0.15) is 4.98 Å². The standard InChI is InChI=1S/C32H41N4O9P/c1-19(29(38)42-17-31(3,4)5)16-46(40,45-23-14-10-12-21-11-8-9-13-22(21)23)43-15-24-26(37)32(6,39)30(44-24)36-18-33-25-27(36)34-20(2)35-28(25)41-7/h8-14,18-19,24,26,30,37,39H,15-17H2,1-7H3/t19?,24-,26+,30-,32?,46?/m1/s1. The van der Waals surface area contributed by atoms with Crippen LogP contribution in [-0.2, 0) is 23.4 Å². The number of aryl methyl sites for hydroxylation is 1. The highest BCUT2D eigenvalue weighted by atomic mass is 31.2. The minimum atomic E-state index is -4.11. The van der Waals surface area contributed by atoms with Crippen LogP contribution in [0.3, 0.4) is 0 Å². The molecule has 1 saturated heterocycles. The third kappa shape index (κ3) is 7.03. The van der Waals surface area contributed by atoms with E-state index >= 15 is 0 Å². The van der Waals surface area contributed by atoms with E-state index in [4.69, 9.17) is 23.3 Å². The van der Waals surface area contributed by atoms with Crippen molar-refractivity contribution in [2.45, 2.75) is 65.6 Å². The molecule has 0 spiro atoms. The summed E-state index contributed by atoms with van der Waals surface area (Å²) in [5, 5.41) is 24.2.